The molecular weight excluding hydrogens is 414 g/mol. The Morgan fingerprint density at radius 2 is 1.74 bits per heavy atom. The van der Waals surface area contributed by atoms with Gasteiger partial charge in [-0.25, -0.2) is 4.98 Å². The lowest BCUT2D eigenvalue weighted by atomic mass is 10.1. The van der Waals surface area contributed by atoms with Gasteiger partial charge in [0.25, 0.3) is 0 Å². The highest BCUT2D eigenvalue weighted by atomic mass is 32.2. The number of aromatic nitrogens is 3. The van der Waals surface area contributed by atoms with Gasteiger partial charge in [0.1, 0.15) is 18.1 Å². The number of nitrogens with zero attached hydrogens (tertiary/aromatic N) is 5. The number of rotatable bonds is 6. The van der Waals surface area contributed by atoms with Gasteiger partial charge in [0.05, 0.1) is 28.9 Å². The zero-order valence-corrected chi connectivity index (χ0v) is 18.9. The maximum absolute atomic E-state index is 13.0. The molecule has 164 valence electrons. The Morgan fingerprint density at radius 3 is 2.39 bits per heavy atom. The Labute approximate surface area is 185 Å². The Balaban J connectivity index is 1.38. The average molecular weight is 442 g/mol. The molecule has 4 rings (SSSR count). The molecule has 1 saturated heterocycles. The monoisotopic (exact) mass is 441 g/mol. The fourth-order valence-electron chi connectivity index (χ4n) is 4.00. The van der Waals surface area contributed by atoms with Crippen LogP contribution in [0.5, 0.6) is 0 Å². The number of fused-ring (bicyclic) bond motifs is 1. The molecular formula is C22H27N5O3S. The molecule has 1 aromatic carbocycles. The second-order valence-electron chi connectivity index (χ2n) is 7.78. The summed E-state index contributed by atoms with van der Waals surface area (Å²) in [4.78, 5) is 34.1. The molecule has 2 amide bonds. The zero-order chi connectivity index (χ0) is 22.0. The summed E-state index contributed by atoms with van der Waals surface area (Å²) in [6.07, 6.45) is 2.32. The molecule has 9 heteroatoms. The first-order valence-corrected chi connectivity index (χ1v) is 11.8. The number of piperazine rings is 1. The van der Waals surface area contributed by atoms with Crippen LogP contribution in [0.15, 0.2) is 28.8 Å². The number of hydrogen-bond acceptors (Lipinski definition) is 6. The Kier molecular flexibility index (Phi) is 6.31. The van der Waals surface area contributed by atoms with Crippen LogP contribution in [0.2, 0.25) is 0 Å². The molecule has 0 bridgehead atoms. The highest BCUT2D eigenvalue weighted by molar-refractivity contribution is 7.97. The predicted molar refractivity (Wildman–Crippen MR) is 120 cm³/mol. The van der Waals surface area contributed by atoms with Gasteiger partial charge in [-0.15, -0.1) is 0 Å². The molecule has 2 aromatic heterocycles. The fraction of sp³-hybridized carbons (Fsp3) is 0.455. The molecule has 0 spiro atoms. The van der Waals surface area contributed by atoms with E-state index >= 15 is 0 Å². The first-order valence-electron chi connectivity index (χ1n) is 10.4. The first kappa shape index (κ1) is 21.4. The molecule has 8 nitrogen and oxygen atoms in total. The van der Waals surface area contributed by atoms with Crippen molar-refractivity contribution in [1.29, 1.82) is 0 Å². The standard InChI is InChI=1S/C22H27N5O3S/c1-15-17(16(2)30-24-15)12-21(28)25-8-10-26(11-9-25)22(29)13-27-19-7-5-4-6-18(19)23-20(27)14-31-3/h4-7H,8-14H2,1-3H3. The van der Waals surface area contributed by atoms with E-state index in [1.807, 2.05) is 58.7 Å². The predicted octanol–water partition coefficient (Wildman–Crippen LogP) is 2.42. The summed E-state index contributed by atoms with van der Waals surface area (Å²) in [7, 11) is 0. The van der Waals surface area contributed by atoms with Crippen molar-refractivity contribution in [1.82, 2.24) is 24.5 Å². The minimum Gasteiger partial charge on any atom is -0.361 e. The van der Waals surface area contributed by atoms with Crippen LogP contribution in [0, 0.1) is 13.8 Å². The van der Waals surface area contributed by atoms with Crippen molar-refractivity contribution in [2.75, 3.05) is 32.4 Å². The van der Waals surface area contributed by atoms with E-state index < -0.39 is 0 Å². The van der Waals surface area contributed by atoms with Crippen LogP contribution in [0.25, 0.3) is 11.0 Å². The molecule has 3 aromatic rings. The van der Waals surface area contributed by atoms with Crippen molar-refractivity contribution in [2.45, 2.75) is 32.6 Å². The van der Waals surface area contributed by atoms with Crippen molar-refractivity contribution < 1.29 is 14.1 Å². The van der Waals surface area contributed by atoms with E-state index in [0.717, 1.165) is 33.9 Å². The van der Waals surface area contributed by atoms with Crippen LogP contribution in [0.1, 0.15) is 22.8 Å². The number of carbonyl (C=O) groups is 2. The van der Waals surface area contributed by atoms with Crippen molar-refractivity contribution in [3.05, 3.63) is 47.1 Å². The van der Waals surface area contributed by atoms with Gasteiger partial charge in [-0.1, -0.05) is 17.3 Å². The van der Waals surface area contributed by atoms with Crippen LogP contribution in [0.3, 0.4) is 0 Å². The molecule has 1 fully saturated rings. The Morgan fingerprint density at radius 1 is 1.06 bits per heavy atom. The number of aryl methyl sites for hydroxylation is 2. The van der Waals surface area contributed by atoms with Gasteiger partial charge in [0.15, 0.2) is 0 Å². The smallest absolute Gasteiger partial charge is 0.242 e. The molecule has 1 aliphatic heterocycles. The third kappa shape index (κ3) is 4.46. The summed E-state index contributed by atoms with van der Waals surface area (Å²) in [6, 6.07) is 7.91. The van der Waals surface area contributed by atoms with Gasteiger partial charge in [-0.05, 0) is 32.2 Å². The minimum absolute atomic E-state index is 0.0457. The van der Waals surface area contributed by atoms with E-state index in [9.17, 15) is 9.59 Å². The summed E-state index contributed by atoms with van der Waals surface area (Å²) in [6.45, 7) is 6.09. The third-order valence-electron chi connectivity index (χ3n) is 5.79. The van der Waals surface area contributed by atoms with Gasteiger partial charge < -0.3 is 18.9 Å². The highest BCUT2D eigenvalue weighted by Gasteiger charge is 2.26. The normalized spacial score (nSPS) is 14.4. The van der Waals surface area contributed by atoms with Crippen LogP contribution in [-0.2, 0) is 28.3 Å². The van der Waals surface area contributed by atoms with E-state index in [-0.39, 0.29) is 24.8 Å². The van der Waals surface area contributed by atoms with E-state index in [2.05, 4.69) is 5.16 Å². The van der Waals surface area contributed by atoms with E-state index in [1.165, 1.54) is 0 Å². The molecule has 0 unspecified atom stereocenters. The summed E-state index contributed by atoms with van der Waals surface area (Å²) in [5.41, 5.74) is 3.51. The topological polar surface area (TPSA) is 84.5 Å². The number of thioether (sulfide) groups is 1. The summed E-state index contributed by atoms with van der Waals surface area (Å²) < 4.78 is 7.17. The van der Waals surface area contributed by atoms with E-state index in [0.29, 0.717) is 31.9 Å². The van der Waals surface area contributed by atoms with Crippen molar-refractivity contribution >= 4 is 34.6 Å². The average Bonchev–Trinajstić information content (AvgIpc) is 3.28. The largest absolute Gasteiger partial charge is 0.361 e. The maximum atomic E-state index is 13.0. The zero-order valence-electron chi connectivity index (χ0n) is 18.1. The lowest BCUT2D eigenvalue weighted by Crippen LogP contribution is -2.51. The third-order valence-corrected chi connectivity index (χ3v) is 6.34. The SMILES string of the molecule is CSCc1nc2ccccc2n1CC(=O)N1CCN(C(=O)Cc2c(C)noc2C)CC1. The minimum atomic E-state index is 0.0457. The molecule has 0 aliphatic carbocycles. The van der Waals surface area contributed by atoms with Crippen molar-refractivity contribution in [2.24, 2.45) is 0 Å². The Hall–Kier alpha value is -2.81. The molecule has 0 N–H and O–H groups in total. The lowest BCUT2D eigenvalue weighted by molar-refractivity contribution is -0.139. The maximum Gasteiger partial charge on any atom is 0.242 e. The number of benzene rings is 1. The van der Waals surface area contributed by atoms with Crippen LogP contribution in [0.4, 0.5) is 0 Å². The first-order chi connectivity index (χ1) is 15.0. The summed E-state index contributed by atoms with van der Waals surface area (Å²) >= 11 is 1.69. The van der Waals surface area contributed by atoms with Crippen molar-refractivity contribution in [3.63, 3.8) is 0 Å². The molecule has 0 radical (unpaired) electrons. The van der Waals surface area contributed by atoms with Gasteiger partial charge >= 0.3 is 0 Å². The van der Waals surface area contributed by atoms with Crippen LogP contribution < -0.4 is 0 Å². The van der Waals surface area contributed by atoms with E-state index in [1.54, 1.807) is 11.8 Å². The number of carbonyl (C=O) groups excluding carboxylic acids is 2. The number of imidazole rings is 1. The quantitative estimate of drug-likeness (QED) is 0.584. The van der Waals surface area contributed by atoms with Crippen LogP contribution in [-0.4, -0.2) is 68.8 Å². The summed E-state index contributed by atoms with van der Waals surface area (Å²) in [5, 5.41) is 3.92. The second kappa shape index (κ2) is 9.13. The molecule has 31 heavy (non-hydrogen) atoms. The molecule has 3 heterocycles. The lowest BCUT2D eigenvalue weighted by Gasteiger charge is -2.35. The number of para-hydroxylation sites is 2. The van der Waals surface area contributed by atoms with Gasteiger partial charge in [-0.2, -0.15) is 11.8 Å². The summed E-state index contributed by atoms with van der Waals surface area (Å²) in [5.74, 6) is 2.46. The number of amides is 2. The van der Waals surface area contributed by atoms with Gasteiger partial charge in [0.2, 0.25) is 11.8 Å². The van der Waals surface area contributed by atoms with Gasteiger partial charge in [0, 0.05) is 31.7 Å². The van der Waals surface area contributed by atoms with E-state index in [4.69, 9.17) is 9.51 Å². The molecule has 0 atom stereocenters. The van der Waals surface area contributed by atoms with Crippen LogP contribution >= 0.6 is 11.8 Å². The highest BCUT2D eigenvalue weighted by Crippen LogP contribution is 2.20. The Bertz CT molecular complexity index is 1080. The van der Waals surface area contributed by atoms with Crippen molar-refractivity contribution in [3.8, 4) is 0 Å². The fourth-order valence-corrected chi connectivity index (χ4v) is 4.48. The molecule has 0 saturated carbocycles. The number of hydrogen-bond donors (Lipinski definition) is 0. The van der Waals surface area contributed by atoms with Gasteiger partial charge in [-0.3, -0.25) is 9.59 Å². The second-order valence-corrected chi connectivity index (χ2v) is 8.64. The molecule has 1 aliphatic rings.